The summed E-state index contributed by atoms with van der Waals surface area (Å²) in [5, 5.41) is 7.55. The standard InChI is InChI=1S/C25H20F6N4O2S/c26-24(27,28)17-3-2-15(19(11-17)25(29,30)31)13-34-20-4-1-14(9-16(20)12-33-34)10-21-22(36)35(23(37)38-21)18-5-7-32-8-6-18/h1-4,9-12,18,32H,5-8,13H2/b21-10-. The Morgan fingerprint density at radius 3 is 2.42 bits per heavy atom. The molecule has 38 heavy (non-hydrogen) atoms. The summed E-state index contributed by atoms with van der Waals surface area (Å²) < 4.78 is 80.9. The Kier molecular flexibility index (Phi) is 6.76. The van der Waals surface area contributed by atoms with Gasteiger partial charge in [0.05, 0.1) is 34.3 Å². The van der Waals surface area contributed by atoms with Crippen LogP contribution in [0.2, 0.25) is 0 Å². The second-order valence-corrected chi connectivity index (χ2v) is 10.0. The molecule has 5 rings (SSSR count). The average molecular weight is 555 g/mol. The number of rotatable bonds is 4. The van der Waals surface area contributed by atoms with Gasteiger partial charge >= 0.3 is 12.4 Å². The number of benzene rings is 2. The smallest absolute Gasteiger partial charge is 0.317 e. The van der Waals surface area contributed by atoms with Gasteiger partial charge in [0, 0.05) is 11.4 Å². The number of nitrogens with zero attached hydrogens (tertiary/aromatic N) is 3. The van der Waals surface area contributed by atoms with Gasteiger partial charge in [-0.1, -0.05) is 12.1 Å². The molecule has 1 aromatic heterocycles. The van der Waals surface area contributed by atoms with Crippen LogP contribution >= 0.6 is 11.8 Å². The van der Waals surface area contributed by atoms with Gasteiger partial charge in [0.2, 0.25) is 0 Å². The molecule has 0 spiro atoms. The van der Waals surface area contributed by atoms with Gasteiger partial charge in [-0.25, -0.2) is 0 Å². The Morgan fingerprint density at radius 1 is 1.00 bits per heavy atom. The topological polar surface area (TPSA) is 67.2 Å². The largest absolute Gasteiger partial charge is 0.416 e. The highest BCUT2D eigenvalue weighted by Crippen LogP contribution is 2.38. The van der Waals surface area contributed by atoms with Crippen molar-refractivity contribution in [2.75, 3.05) is 13.1 Å². The predicted molar refractivity (Wildman–Crippen MR) is 129 cm³/mol. The van der Waals surface area contributed by atoms with E-state index >= 15 is 0 Å². The fourth-order valence-electron chi connectivity index (χ4n) is 4.65. The second-order valence-electron chi connectivity index (χ2n) is 9.02. The number of nitrogens with one attached hydrogen (secondary N) is 1. The van der Waals surface area contributed by atoms with Crippen molar-refractivity contribution in [3.63, 3.8) is 0 Å². The number of piperidine rings is 1. The molecule has 2 aliphatic rings. The predicted octanol–water partition coefficient (Wildman–Crippen LogP) is 5.91. The molecule has 0 bridgehead atoms. The molecule has 2 aromatic carbocycles. The minimum absolute atomic E-state index is 0.107. The molecule has 2 aliphatic heterocycles. The Hall–Kier alpha value is -3.32. The van der Waals surface area contributed by atoms with E-state index in [-0.39, 0.29) is 33.7 Å². The van der Waals surface area contributed by atoms with Crippen molar-refractivity contribution >= 4 is 39.9 Å². The number of hydrogen-bond acceptors (Lipinski definition) is 5. The van der Waals surface area contributed by atoms with Crippen LogP contribution in [-0.2, 0) is 23.7 Å². The molecule has 0 saturated carbocycles. The van der Waals surface area contributed by atoms with E-state index in [1.54, 1.807) is 24.3 Å². The fourth-order valence-corrected chi connectivity index (χ4v) is 5.55. The van der Waals surface area contributed by atoms with Gasteiger partial charge in [-0.2, -0.15) is 31.4 Å². The molecular formula is C25H20F6N4O2S. The molecule has 6 nitrogen and oxygen atoms in total. The summed E-state index contributed by atoms with van der Waals surface area (Å²) in [5.74, 6) is -0.357. The zero-order valence-corrected chi connectivity index (χ0v) is 20.4. The zero-order valence-electron chi connectivity index (χ0n) is 19.6. The molecular weight excluding hydrogens is 534 g/mol. The molecule has 13 heteroatoms. The monoisotopic (exact) mass is 554 g/mol. The molecule has 0 aliphatic carbocycles. The molecule has 0 atom stereocenters. The maximum atomic E-state index is 13.5. The van der Waals surface area contributed by atoms with Gasteiger partial charge in [-0.3, -0.25) is 19.2 Å². The van der Waals surface area contributed by atoms with E-state index in [2.05, 4.69) is 10.4 Å². The first-order valence-corrected chi connectivity index (χ1v) is 12.4. The maximum absolute atomic E-state index is 13.5. The van der Waals surface area contributed by atoms with Crippen LogP contribution in [0.4, 0.5) is 31.1 Å². The van der Waals surface area contributed by atoms with E-state index in [1.165, 1.54) is 15.8 Å². The van der Waals surface area contributed by atoms with E-state index in [9.17, 15) is 35.9 Å². The van der Waals surface area contributed by atoms with Crippen molar-refractivity contribution in [1.29, 1.82) is 0 Å². The number of halogens is 6. The van der Waals surface area contributed by atoms with E-state index in [1.807, 2.05) is 0 Å². The lowest BCUT2D eigenvalue weighted by Crippen LogP contribution is -2.45. The van der Waals surface area contributed by atoms with Crippen molar-refractivity contribution in [2.45, 2.75) is 37.8 Å². The first-order valence-electron chi connectivity index (χ1n) is 11.6. The number of alkyl halides is 6. The third-order valence-corrected chi connectivity index (χ3v) is 7.41. The lowest BCUT2D eigenvalue weighted by atomic mass is 10.0. The number of carbonyl (C=O) groups is 2. The molecule has 3 heterocycles. The van der Waals surface area contributed by atoms with Crippen LogP contribution < -0.4 is 5.32 Å². The highest BCUT2D eigenvalue weighted by molar-refractivity contribution is 8.18. The van der Waals surface area contributed by atoms with Crippen LogP contribution in [0.3, 0.4) is 0 Å². The van der Waals surface area contributed by atoms with Gasteiger partial charge in [0.25, 0.3) is 11.1 Å². The molecule has 1 N–H and O–H groups in total. The molecule has 200 valence electrons. The molecule has 2 fully saturated rings. The minimum atomic E-state index is -4.98. The Labute approximate surface area is 216 Å². The molecule has 0 radical (unpaired) electrons. The minimum Gasteiger partial charge on any atom is -0.317 e. The molecule has 2 saturated heterocycles. The summed E-state index contributed by atoms with van der Waals surface area (Å²) in [5.41, 5.74) is -2.06. The molecule has 2 amide bonds. The number of thioether (sulfide) groups is 1. The van der Waals surface area contributed by atoms with Crippen molar-refractivity contribution in [3.05, 3.63) is 69.8 Å². The normalized spacial score (nSPS) is 18.8. The third kappa shape index (κ3) is 5.17. The number of imide groups is 1. The fraction of sp³-hybridized carbons (Fsp3) is 0.320. The zero-order chi connectivity index (χ0) is 27.2. The molecule has 0 unspecified atom stereocenters. The van der Waals surface area contributed by atoms with Crippen LogP contribution in [0.1, 0.15) is 35.1 Å². The summed E-state index contributed by atoms with van der Waals surface area (Å²) in [6.07, 6.45) is -5.51. The van der Waals surface area contributed by atoms with Crippen LogP contribution in [0.5, 0.6) is 0 Å². The number of hydrogen-bond donors (Lipinski definition) is 1. The van der Waals surface area contributed by atoms with E-state index < -0.39 is 30.0 Å². The van der Waals surface area contributed by atoms with Gasteiger partial charge in [-0.15, -0.1) is 0 Å². The maximum Gasteiger partial charge on any atom is 0.416 e. The lowest BCUT2D eigenvalue weighted by Gasteiger charge is -2.29. The van der Waals surface area contributed by atoms with E-state index in [4.69, 9.17) is 0 Å². The Morgan fingerprint density at radius 2 is 1.74 bits per heavy atom. The van der Waals surface area contributed by atoms with Crippen LogP contribution in [-0.4, -0.2) is 45.0 Å². The van der Waals surface area contributed by atoms with Crippen molar-refractivity contribution in [2.24, 2.45) is 0 Å². The summed E-state index contributed by atoms with van der Waals surface area (Å²) in [7, 11) is 0. The van der Waals surface area contributed by atoms with Crippen molar-refractivity contribution in [3.8, 4) is 0 Å². The van der Waals surface area contributed by atoms with Crippen molar-refractivity contribution in [1.82, 2.24) is 20.0 Å². The van der Waals surface area contributed by atoms with Gasteiger partial charge in [0.15, 0.2) is 0 Å². The quantitative estimate of drug-likeness (QED) is 0.321. The summed E-state index contributed by atoms with van der Waals surface area (Å²) in [4.78, 5) is 27.0. The Balaban J connectivity index is 1.40. The summed E-state index contributed by atoms with van der Waals surface area (Å²) >= 11 is 0.860. The SMILES string of the molecule is O=C1S/C(=C\c2ccc3c(cnn3Cc3ccc(C(F)(F)F)cc3C(F)(F)F)c2)C(=O)N1C1CCNCC1. The van der Waals surface area contributed by atoms with Crippen LogP contribution in [0.25, 0.3) is 17.0 Å². The molecule has 3 aromatic rings. The summed E-state index contributed by atoms with van der Waals surface area (Å²) in [6, 6.07) is 6.29. The first-order chi connectivity index (χ1) is 17.9. The number of carbonyl (C=O) groups excluding carboxylic acids is 2. The van der Waals surface area contributed by atoms with E-state index in [0.717, 1.165) is 30.9 Å². The number of fused-ring (bicyclic) bond motifs is 1. The average Bonchev–Trinajstić information content (AvgIpc) is 3.37. The Bertz CT molecular complexity index is 1440. The van der Waals surface area contributed by atoms with Gasteiger partial charge < -0.3 is 5.32 Å². The third-order valence-electron chi connectivity index (χ3n) is 6.52. The van der Waals surface area contributed by atoms with Gasteiger partial charge in [0.1, 0.15) is 0 Å². The lowest BCUT2D eigenvalue weighted by molar-refractivity contribution is -0.143. The highest BCUT2D eigenvalue weighted by atomic mass is 32.2. The second kappa shape index (κ2) is 9.77. The van der Waals surface area contributed by atoms with Crippen molar-refractivity contribution < 1.29 is 35.9 Å². The highest BCUT2D eigenvalue weighted by Gasteiger charge is 2.40. The van der Waals surface area contributed by atoms with Gasteiger partial charge in [-0.05, 0) is 79.2 Å². The first kappa shape index (κ1) is 26.3. The number of aromatic nitrogens is 2. The van der Waals surface area contributed by atoms with Crippen LogP contribution in [0, 0.1) is 0 Å². The van der Waals surface area contributed by atoms with E-state index in [0.29, 0.717) is 35.4 Å². The number of amides is 2. The van der Waals surface area contributed by atoms with Crippen LogP contribution in [0.15, 0.2) is 47.5 Å². The summed E-state index contributed by atoms with van der Waals surface area (Å²) in [6.45, 7) is 1.05.